The number of hydrogen-bond donors (Lipinski definition) is 2. The molecule has 6 heteroatoms. The largest absolute Gasteiger partial charge is 0.385 e. The second-order valence-corrected chi connectivity index (χ2v) is 4.37. The van der Waals surface area contributed by atoms with Crippen LogP contribution in [0.5, 0.6) is 0 Å². The van der Waals surface area contributed by atoms with Crippen LogP contribution in [0, 0.1) is 11.2 Å². The molecule has 0 saturated heterocycles. The normalized spacial score (nSPS) is 10.6. The Hall–Kier alpha value is -1.66. The Morgan fingerprint density at radius 3 is 2.55 bits per heavy atom. The van der Waals surface area contributed by atoms with Gasteiger partial charge in [0.2, 0.25) is 0 Å². The number of nitrogen functional groups attached to an aromatic ring is 1. The number of halogens is 1. The SMILES string of the molecule is COCCCN(CCOC)c1cccc(F)c1C(=N)N. The number of rotatable bonds is 9. The number of ether oxygens (including phenoxy) is 2. The topological polar surface area (TPSA) is 71.6 Å². The van der Waals surface area contributed by atoms with Gasteiger partial charge in [0.25, 0.3) is 0 Å². The predicted octanol–water partition coefficient (Wildman–Crippen LogP) is 1.60. The van der Waals surface area contributed by atoms with E-state index in [0.29, 0.717) is 32.0 Å². The molecule has 112 valence electrons. The second kappa shape index (κ2) is 8.50. The van der Waals surface area contributed by atoms with Gasteiger partial charge in [-0.25, -0.2) is 4.39 Å². The van der Waals surface area contributed by atoms with E-state index in [1.165, 1.54) is 6.07 Å². The molecule has 0 spiro atoms. The quantitative estimate of drug-likeness (QED) is 0.410. The van der Waals surface area contributed by atoms with E-state index in [9.17, 15) is 4.39 Å². The molecule has 0 atom stereocenters. The molecule has 0 saturated carbocycles. The lowest BCUT2D eigenvalue weighted by Crippen LogP contribution is -2.31. The van der Waals surface area contributed by atoms with Crippen molar-refractivity contribution in [3.8, 4) is 0 Å². The maximum absolute atomic E-state index is 13.9. The fourth-order valence-electron chi connectivity index (χ4n) is 2.00. The van der Waals surface area contributed by atoms with Crippen molar-refractivity contribution in [2.45, 2.75) is 6.42 Å². The standard InChI is InChI=1S/C14H22FN3O2/c1-19-9-4-7-18(8-10-20-2)12-6-3-5-11(15)13(12)14(16)17/h3,5-6H,4,7-10H2,1-2H3,(H3,16,17). The molecule has 0 amide bonds. The smallest absolute Gasteiger partial charge is 0.136 e. The van der Waals surface area contributed by atoms with Crippen molar-refractivity contribution in [3.63, 3.8) is 0 Å². The molecule has 1 aromatic rings. The molecule has 0 heterocycles. The first-order valence-electron chi connectivity index (χ1n) is 6.47. The number of amidine groups is 1. The van der Waals surface area contributed by atoms with Gasteiger partial charge in [-0.05, 0) is 18.6 Å². The average molecular weight is 283 g/mol. The summed E-state index contributed by atoms with van der Waals surface area (Å²) in [6, 6.07) is 4.69. The molecule has 5 nitrogen and oxygen atoms in total. The van der Waals surface area contributed by atoms with E-state index in [-0.39, 0.29) is 11.4 Å². The highest BCUT2D eigenvalue weighted by Crippen LogP contribution is 2.23. The summed E-state index contributed by atoms with van der Waals surface area (Å²) in [4.78, 5) is 1.96. The third kappa shape index (κ3) is 4.47. The van der Waals surface area contributed by atoms with Crippen LogP contribution in [0.1, 0.15) is 12.0 Å². The summed E-state index contributed by atoms with van der Waals surface area (Å²) in [6.45, 7) is 2.42. The number of benzene rings is 1. The zero-order valence-corrected chi connectivity index (χ0v) is 12.0. The number of hydrogen-bond acceptors (Lipinski definition) is 4. The van der Waals surface area contributed by atoms with Crippen LogP contribution >= 0.6 is 0 Å². The molecule has 0 bridgehead atoms. The lowest BCUT2D eigenvalue weighted by molar-refractivity contribution is 0.191. The monoisotopic (exact) mass is 283 g/mol. The fourth-order valence-corrected chi connectivity index (χ4v) is 2.00. The lowest BCUT2D eigenvalue weighted by Gasteiger charge is -2.26. The van der Waals surface area contributed by atoms with Gasteiger partial charge in [-0.15, -0.1) is 0 Å². The molecule has 1 aromatic carbocycles. The van der Waals surface area contributed by atoms with Crippen molar-refractivity contribution in [2.75, 3.05) is 45.4 Å². The van der Waals surface area contributed by atoms with Gasteiger partial charge in [0.15, 0.2) is 0 Å². The molecule has 20 heavy (non-hydrogen) atoms. The summed E-state index contributed by atoms with van der Waals surface area (Å²) >= 11 is 0. The minimum atomic E-state index is -0.482. The molecule has 0 aliphatic rings. The van der Waals surface area contributed by atoms with Crippen molar-refractivity contribution >= 4 is 11.5 Å². The first kappa shape index (κ1) is 16.4. The third-order valence-corrected chi connectivity index (χ3v) is 2.94. The summed E-state index contributed by atoms with van der Waals surface area (Å²) in [5, 5.41) is 7.56. The molecule has 0 unspecified atom stereocenters. The molecule has 3 N–H and O–H groups in total. The molecule has 0 aliphatic heterocycles. The predicted molar refractivity (Wildman–Crippen MR) is 78.0 cm³/mol. The highest BCUT2D eigenvalue weighted by molar-refractivity contribution is 6.00. The zero-order valence-electron chi connectivity index (χ0n) is 12.0. The van der Waals surface area contributed by atoms with Gasteiger partial charge >= 0.3 is 0 Å². The second-order valence-electron chi connectivity index (χ2n) is 4.37. The van der Waals surface area contributed by atoms with E-state index in [0.717, 1.165) is 6.42 Å². The van der Waals surface area contributed by atoms with Gasteiger partial charge in [-0.1, -0.05) is 6.07 Å². The summed E-state index contributed by atoms with van der Waals surface area (Å²) in [6.07, 6.45) is 0.800. The van der Waals surface area contributed by atoms with Crippen LogP contribution in [0.25, 0.3) is 0 Å². The molecular formula is C14H22FN3O2. The number of anilines is 1. The first-order valence-corrected chi connectivity index (χ1v) is 6.47. The van der Waals surface area contributed by atoms with E-state index in [1.54, 1.807) is 26.4 Å². The van der Waals surface area contributed by atoms with Crippen molar-refractivity contribution < 1.29 is 13.9 Å². The van der Waals surface area contributed by atoms with Gasteiger partial charge in [0.05, 0.1) is 17.9 Å². The Kier molecular flexibility index (Phi) is 6.97. The summed E-state index contributed by atoms with van der Waals surface area (Å²) in [7, 11) is 3.26. The van der Waals surface area contributed by atoms with Crippen LogP contribution in [0.15, 0.2) is 18.2 Å². The van der Waals surface area contributed by atoms with Crippen LogP contribution in [0.3, 0.4) is 0 Å². The molecule has 0 aromatic heterocycles. The van der Waals surface area contributed by atoms with E-state index in [4.69, 9.17) is 20.6 Å². The minimum Gasteiger partial charge on any atom is -0.385 e. The number of nitrogens with two attached hydrogens (primary N) is 1. The molecule has 1 rings (SSSR count). The van der Waals surface area contributed by atoms with Crippen molar-refractivity contribution in [2.24, 2.45) is 5.73 Å². The van der Waals surface area contributed by atoms with Crippen LogP contribution in [-0.4, -0.2) is 46.4 Å². The summed E-state index contributed by atoms with van der Waals surface area (Å²) in [5.41, 5.74) is 6.25. The van der Waals surface area contributed by atoms with Gasteiger partial charge in [-0.2, -0.15) is 0 Å². The number of methoxy groups -OCH3 is 2. The molecule has 0 aliphatic carbocycles. The maximum atomic E-state index is 13.9. The molecular weight excluding hydrogens is 261 g/mol. The number of nitrogens with zero attached hydrogens (tertiary/aromatic N) is 1. The highest BCUT2D eigenvalue weighted by atomic mass is 19.1. The fraction of sp³-hybridized carbons (Fsp3) is 0.500. The van der Waals surface area contributed by atoms with E-state index < -0.39 is 5.82 Å². The van der Waals surface area contributed by atoms with Crippen LogP contribution in [0.4, 0.5) is 10.1 Å². The number of nitrogens with one attached hydrogen (secondary N) is 1. The van der Waals surface area contributed by atoms with Crippen LogP contribution in [0.2, 0.25) is 0 Å². The van der Waals surface area contributed by atoms with Crippen LogP contribution < -0.4 is 10.6 Å². The zero-order chi connectivity index (χ0) is 15.0. The van der Waals surface area contributed by atoms with Gasteiger partial charge in [0.1, 0.15) is 11.7 Å². The van der Waals surface area contributed by atoms with E-state index >= 15 is 0 Å². The Bertz CT molecular complexity index is 440. The van der Waals surface area contributed by atoms with E-state index in [2.05, 4.69) is 0 Å². The first-order chi connectivity index (χ1) is 9.61. The van der Waals surface area contributed by atoms with Gasteiger partial charge in [-0.3, -0.25) is 5.41 Å². The van der Waals surface area contributed by atoms with E-state index in [1.807, 2.05) is 4.90 Å². The van der Waals surface area contributed by atoms with Crippen molar-refractivity contribution in [1.82, 2.24) is 0 Å². The summed E-state index contributed by atoms with van der Waals surface area (Å²) < 4.78 is 24.0. The molecule has 0 radical (unpaired) electrons. The van der Waals surface area contributed by atoms with Gasteiger partial charge < -0.3 is 20.1 Å². The lowest BCUT2D eigenvalue weighted by atomic mass is 10.1. The maximum Gasteiger partial charge on any atom is 0.136 e. The molecule has 0 fully saturated rings. The Labute approximate surface area is 119 Å². The third-order valence-electron chi connectivity index (χ3n) is 2.94. The highest BCUT2D eigenvalue weighted by Gasteiger charge is 2.16. The van der Waals surface area contributed by atoms with Crippen molar-refractivity contribution in [3.05, 3.63) is 29.6 Å². The van der Waals surface area contributed by atoms with Crippen LogP contribution in [-0.2, 0) is 9.47 Å². The summed E-state index contributed by atoms with van der Waals surface area (Å²) in [5.74, 6) is -0.753. The Balaban J connectivity index is 2.99. The van der Waals surface area contributed by atoms with Crippen molar-refractivity contribution in [1.29, 1.82) is 5.41 Å². The Morgan fingerprint density at radius 2 is 1.95 bits per heavy atom. The van der Waals surface area contributed by atoms with Gasteiger partial charge in [0, 0.05) is 33.9 Å². The average Bonchev–Trinajstić information content (AvgIpc) is 2.42. The minimum absolute atomic E-state index is 0.140. The Morgan fingerprint density at radius 1 is 1.25 bits per heavy atom.